The number of nitro groups is 1. The van der Waals surface area contributed by atoms with E-state index in [1.807, 2.05) is 38.1 Å². The summed E-state index contributed by atoms with van der Waals surface area (Å²) in [6.07, 6.45) is 0. The van der Waals surface area contributed by atoms with Gasteiger partial charge >= 0.3 is 0 Å². The molecule has 1 heterocycles. The van der Waals surface area contributed by atoms with Gasteiger partial charge in [0.2, 0.25) is 0 Å². The molecule has 25 heavy (non-hydrogen) atoms. The monoisotopic (exact) mass is 345 g/mol. The number of benzene rings is 1. The Hall–Kier alpha value is -2.67. The summed E-state index contributed by atoms with van der Waals surface area (Å²) < 4.78 is 5.58. The van der Waals surface area contributed by atoms with Crippen molar-refractivity contribution in [2.24, 2.45) is 0 Å². The van der Waals surface area contributed by atoms with E-state index in [-0.39, 0.29) is 11.6 Å². The minimum atomic E-state index is -0.466. The molecule has 7 nitrogen and oxygen atoms in total. The Morgan fingerprint density at radius 3 is 2.44 bits per heavy atom. The van der Waals surface area contributed by atoms with Gasteiger partial charge in [0, 0.05) is 30.3 Å². The molecule has 0 aliphatic heterocycles. The minimum absolute atomic E-state index is 0.0488. The summed E-state index contributed by atoms with van der Waals surface area (Å²) >= 11 is 0. The second-order valence-electron chi connectivity index (χ2n) is 6.25. The van der Waals surface area contributed by atoms with Crippen molar-refractivity contribution in [2.45, 2.75) is 20.4 Å². The molecule has 0 aliphatic carbocycles. The van der Waals surface area contributed by atoms with Gasteiger partial charge in [0.15, 0.2) is 0 Å². The molecule has 0 fully saturated rings. The Balaban J connectivity index is 2.31. The van der Waals surface area contributed by atoms with E-state index in [0.717, 1.165) is 5.76 Å². The highest BCUT2D eigenvalue weighted by molar-refractivity contribution is 5.96. The number of amides is 1. The van der Waals surface area contributed by atoms with Crippen molar-refractivity contribution >= 4 is 11.6 Å². The first-order valence-electron chi connectivity index (χ1n) is 8.03. The fourth-order valence-corrected chi connectivity index (χ4v) is 2.55. The number of likely N-dealkylation sites (N-methyl/N-ethyl adjacent to an activating group) is 1. The number of carbonyl (C=O) groups excluding carboxylic acids is 1. The molecule has 1 amide bonds. The molecule has 2 aromatic rings. The fourth-order valence-electron chi connectivity index (χ4n) is 2.55. The third-order valence-corrected chi connectivity index (χ3v) is 3.98. The maximum atomic E-state index is 13.0. The van der Waals surface area contributed by atoms with Gasteiger partial charge < -0.3 is 14.2 Å². The molecule has 0 radical (unpaired) electrons. The zero-order valence-electron chi connectivity index (χ0n) is 15.0. The Morgan fingerprint density at radius 2 is 1.88 bits per heavy atom. The molecular weight excluding hydrogens is 322 g/mol. The minimum Gasteiger partial charge on any atom is -0.464 e. The van der Waals surface area contributed by atoms with Gasteiger partial charge in [0.05, 0.1) is 11.5 Å². The van der Waals surface area contributed by atoms with Gasteiger partial charge in [-0.1, -0.05) is 6.07 Å². The van der Waals surface area contributed by atoms with Crippen molar-refractivity contribution in [1.29, 1.82) is 0 Å². The van der Waals surface area contributed by atoms with Crippen molar-refractivity contribution in [3.8, 4) is 0 Å². The lowest BCUT2D eigenvalue weighted by Gasteiger charge is -2.24. The summed E-state index contributed by atoms with van der Waals surface area (Å²) in [7, 11) is 3.86. The van der Waals surface area contributed by atoms with Crippen molar-refractivity contribution < 1.29 is 14.1 Å². The van der Waals surface area contributed by atoms with E-state index < -0.39 is 4.92 Å². The normalized spacial score (nSPS) is 10.9. The highest BCUT2D eigenvalue weighted by atomic mass is 16.6. The smallest absolute Gasteiger partial charge is 0.273 e. The second-order valence-corrected chi connectivity index (χ2v) is 6.25. The zero-order valence-corrected chi connectivity index (χ0v) is 15.0. The molecule has 0 N–H and O–H groups in total. The standard InChI is InChI=1S/C18H23N3O4/c1-13-8-9-15(25-13)12-20(11-10-19(3)4)18(22)16-6-5-7-17(14(16)2)21(23)24/h5-9H,10-12H2,1-4H3. The van der Waals surface area contributed by atoms with Crippen LogP contribution in [-0.4, -0.2) is 47.8 Å². The van der Waals surface area contributed by atoms with Gasteiger partial charge in [0.25, 0.3) is 11.6 Å². The van der Waals surface area contributed by atoms with Crippen LogP contribution in [0.25, 0.3) is 0 Å². The van der Waals surface area contributed by atoms with Crippen LogP contribution >= 0.6 is 0 Å². The Bertz CT molecular complexity index is 767. The van der Waals surface area contributed by atoms with Crippen LogP contribution in [0.4, 0.5) is 5.69 Å². The molecular formula is C18H23N3O4. The van der Waals surface area contributed by atoms with Crippen molar-refractivity contribution in [3.63, 3.8) is 0 Å². The molecule has 0 unspecified atom stereocenters. The topological polar surface area (TPSA) is 79.8 Å². The van der Waals surface area contributed by atoms with Crippen LogP contribution in [0.2, 0.25) is 0 Å². The predicted molar refractivity (Wildman–Crippen MR) is 94.6 cm³/mol. The van der Waals surface area contributed by atoms with Gasteiger partial charge in [-0.05, 0) is 46.1 Å². The first kappa shape index (κ1) is 18.7. The summed E-state index contributed by atoms with van der Waals surface area (Å²) in [6, 6.07) is 8.26. The number of nitro benzene ring substituents is 1. The zero-order chi connectivity index (χ0) is 18.6. The van der Waals surface area contributed by atoms with Crippen LogP contribution in [0.15, 0.2) is 34.7 Å². The van der Waals surface area contributed by atoms with Crippen LogP contribution in [0.1, 0.15) is 27.4 Å². The number of hydrogen-bond donors (Lipinski definition) is 0. The molecule has 1 aromatic carbocycles. The summed E-state index contributed by atoms with van der Waals surface area (Å²) in [5.74, 6) is 1.23. The summed E-state index contributed by atoms with van der Waals surface area (Å²) in [5.41, 5.74) is 0.673. The average Bonchev–Trinajstić information content (AvgIpc) is 2.95. The lowest BCUT2D eigenvalue weighted by Crippen LogP contribution is -2.36. The SMILES string of the molecule is Cc1ccc(CN(CCN(C)C)C(=O)c2cccc([N+](=O)[O-])c2C)o1. The van der Waals surface area contributed by atoms with E-state index >= 15 is 0 Å². The van der Waals surface area contributed by atoms with Gasteiger partial charge in [-0.15, -0.1) is 0 Å². The van der Waals surface area contributed by atoms with E-state index in [0.29, 0.717) is 36.5 Å². The quantitative estimate of drug-likeness (QED) is 0.569. The molecule has 134 valence electrons. The lowest BCUT2D eigenvalue weighted by atomic mass is 10.1. The largest absolute Gasteiger partial charge is 0.464 e. The van der Waals surface area contributed by atoms with Gasteiger partial charge in [-0.3, -0.25) is 14.9 Å². The second kappa shape index (κ2) is 7.94. The highest BCUT2D eigenvalue weighted by Crippen LogP contribution is 2.23. The molecule has 1 aromatic heterocycles. The molecule has 0 atom stereocenters. The molecule has 2 rings (SSSR count). The summed E-state index contributed by atoms with van der Waals surface area (Å²) in [4.78, 5) is 27.3. The first-order chi connectivity index (χ1) is 11.8. The number of hydrogen-bond acceptors (Lipinski definition) is 5. The van der Waals surface area contributed by atoms with Gasteiger partial charge in [-0.25, -0.2) is 0 Å². The lowest BCUT2D eigenvalue weighted by molar-refractivity contribution is -0.385. The maximum Gasteiger partial charge on any atom is 0.273 e. The third kappa shape index (κ3) is 4.67. The first-order valence-corrected chi connectivity index (χ1v) is 8.03. The van der Waals surface area contributed by atoms with Gasteiger partial charge in [0.1, 0.15) is 11.5 Å². The van der Waals surface area contributed by atoms with Crippen LogP contribution in [0.3, 0.4) is 0 Å². The van der Waals surface area contributed by atoms with Crippen LogP contribution in [-0.2, 0) is 6.54 Å². The summed E-state index contributed by atoms with van der Waals surface area (Å²) in [6.45, 7) is 4.95. The van der Waals surface area contributed by atoms with E-state index in [2.05, 4.69) is 0 Å². The highest BCUT2D eigenvalue weighted by Gasteiger charge is 2.23. The Labute approximate surface area is 147 Å². The van der Waals surface area contributed by atoms with E-state index in [9.17, 15) is 14.9 Å². The maximum absolute atomic E-state index is 13.0. The predicted octanol–water partition coefficient (Wildman–Crippen LogP) is 3.01. The van der Waals surface area contributed by atoms with E-state index in [1.54, 1.807) is 24.0 Å². The number of furan rings is 1. The van der Waals surface area contributed by atoms with Crippen molar-refractivity contribution in [2.75, 3.05) is 27.2 Å². The number of nitrogens with zero attached hydrogens (tertiary/aromatic N) is 3. The van der Waals surface area contributed by atoms with E-state index in [1.165, 1.54) is 6.07 Å². The fraction of sp³-hybridized carbons (Fsp3) is 0.389. The average molecular weight is 345 g/mol. The van der Waals surface area contributed by atoms with Crippen molar-refractivity contribution in [3.05, 3.63) is 63.1 Å². The molecule has 7 heteroatoms. The van der Waals surface area contributed by atoms with Gasteiger partial charge in [-0.2, -0.15) is 0 Å². The number of rotatable bonds is 7. The van der Waals surface area contributed by atoms with Crippen molar-refractivity contribution in [1.82, 2.24) is 9.80 Å². The number of carbonyl (C=O) groups is 1. The number of aryl methyl sites for hydroxylation is 1. The van der Waals surface area contributed by atoms with Crippen LogP contribution < -0.4 is 0 Å². The van der Waals surface area contributed by atoms with E-state index in [4.69, 9.17) is 4.42 Å². The van der Waals surface area contributed by atoms with Crippen LogP contribution in [0.5, 0.6) is 0 Å². The third-order valence-electron chi connectivity index (χ3n) is 3.98. The molecule has 0 bridgehead atoms. The summed E-state index contributed by atoms with van der Waals surface area (Å²) in [5, 5.41) is 11.1. The molecule has 0 spiro atoms. The molecule has 0 aliphatic rings. The Morgan fingerprint density at radius 1 is 1.16 bits per heavy atom. The molecule has 0 saturated heterocycles. The Kier molecular flexibility index (Phi) is 5.93. The van der Waals surface area contributed by atoms with Crippen LogP contribution in [0, 0.1) is 24.0 Å². The molecule has 0 saturated carbocycles.